The predicted molar refractivity (Wildman–Crippen MR) is 70.3 cm³/mol. The van der Waals surface area contributed by atoms with Crippen LogP contribution in [0.4, 0.5) is 5.69 Å². The Hall–Kier alpha value is -2.09. The van der Waals surface area contributed by atoms with Crippen molar-refractivity contribution < 1.29 is 4.79 Å². The fourth-order valence-electron chi connectivity index (χ4n) is 1.70. The molecule has 0 aromatic heterocycles. The molecule has 0 amide bonds. The van der Waals surface area contributed by atoms with Crippen molar-refractivity contribution >= 4 is 11.5 Å². The highest BCUT2D eigenvalue weighted by atomic mass is 16.1. The summed E-state index contributed by atoms with van der Waals surface area (Å²) in [6, 6.07) is 18.9. The van der Waals surface area contributed by atoms with E-state index in [1.54, 1.807) is 0 Å². The maximum absolute atomic E-state index is 12.1. The quantitative estimate of drug-likeness (QED) is 0.808. The number of benzene rings is 2. The van der Waals surface area contributed by atoms with Crippen LogP contribution >= 0.6 is 0 Å². The lowest BCUT2D eigenvalue weighted by atomic mass is 10.1. The Morgan fingerprint density at radius 1 is 0.941 bits per heavy atom. The van der Waals surface area contributed by atoms with Gasteiger partial charge in [-0.1, -0.05) is 48.5 Å². The molecule has 0 fully saturated rings. The van der Waals surface area contributed by atoms with Crippen molar-refractivity contribution in [2.75, 3.05) is 5.32 Å². The molecule has 17 heavy (non-hydrogen) atoms. The number of carbonyl (C=O) groups excluding carboxylic acids is 1. The van der Waals surface area contributed by atoms with E-state index in [1.807, 2.05) is 67.6 Å². The minimum Gasteiger partial charge on any atom is -0.375 e. The fourth-order valence-corrected chi connectivity index (χ4v) is 1.70. The summed E-state index contributed by atoms with van der Waals surface area (Å²) in [4.78, 5) is 12.1. The molecule has 0 heterocycles. The molecule has 2 aromatic rings. The molecule has 2 heteroatoms. The second kappa shape index (κ2) is 5.30. The van der Waals surface area contributed by atoms with Gasteiger partial charge in [-0.25, -0.2) is 0 Å². The Kier molecular flexibility index (Phi) is 3.55. The van der Waals surface area contributed by atoms with E-state index in [2.05, 4.69) is 5.32 Å². The van der Waals surface area contributed by atoms with Gasteiger partial charge in [-0.15, -0.1) is 0 Å². The normalized spacial score (nSPS) is 11.8. The predicted octanol–water partition coefficient (Wildman–Crippen LogP) is 3.37. The minimum absolute atomic E-state index is 0.106. The van der Waals surface area contributed by atoms with E-state index in [9.17, 15) is 4.79 Å². The van der Waals surface area contributed by atoms with Crippen LogP contribution in [0.1, 0.15) is 17.3 Å². The van der Waals surface area contributed by atoms with Gasteiger partial charge in [0.15, 0.2) is 5.78 Å². The zero-order valence-corrected chi connectivity index (χ0v) is 9.76. The van der Waals surface area contributed by atoms with Gasteiger partial charge in [0.2, 0.25) is 0 Å². The van der Waals surface area contributed by atoms with Gasteiger partial charge in [-0.3, -0.25) is 4.79 Å². The molecule has 0 aliphatic heterocycles. The topological polar surface area (TPSA) is 29.1 Å². The number of ketones is 1. The van der Waals surface area contributed by atoms with Crippen LogP contribution in [0.25, 0.3) is 0 Å². The monoisotopic (exact) mass is 225 g/mol. The van der Waals surface area contributed by atoms with Crippen LogP contribution in [0.2, 0.25) is 0 Å². The highest BCUT2D eigenvalue weighted by Crippen LogP contribution is 2.10. The maximum atomic E-state index is 12.1. The molecule has 1 atom stereocenters. The molecule has 2 rings (SSSR count). The van der Waals surface area contributed by atoms with Gasteiger partial charge in [-0.2, -0.15) is 0 Å². The van der Waals surface area contributed by atoms with Gasteiger partial charge in [0.1, 0.15) is 0 Å². The van der Waals surface area contributed by atoms with E-state index >= 15 is 0 Å². The summed E-state index contributed by atoms with van der Waals surface area (Å²) in [5.74, 6) is 0.106. The van der Waals surface area contributed by atoms with Gasteiger partial charge in [0, 0.05) is 11.3 Å². The number of anilines is 1. The number of carbonyl (C=O) groups is 1. The first-order valence-electron chi connectivity index (χ1n) is 5.68. The van der Waals surface area contributed by atoms with E-state index in [0.717, 1.165) is 11.3 Å². The molecule has 2 nitrogen and oxygen atoms in total. The molecule has 86 valence electrons. The van der Waals surface area contributed by atoms with Crippen molar-refractivity contribution in [2.24, 2.45) is 0 Å². The highest BCUT2D eigenvalue weighted by molar-refractivity contribution is 6.01. The molecule has 1 unspecified atom stereocenters. The average Bonchev–Trinajstić information content (AvgIpc) is 2.40. The zero-order chi connectivity index (χ0) is 12.1. The van der Waals surface area contributed by atoms with Gasteiger partial charge >= 0.3 is 0 Å². The third kappa shape index (κ3) is 2.94. The summed E-state index contributed by atoms with van der Waals surface area (Å²) in [6.45, 7) is 1.88. The number of Topliss-reactive ketones (excluding diaryl/α,β-unsaturated/α-hetero) is 1. The van der Waals surface area contributed by atoms with Crippen molar-refractivity contribution in [3.8, 4) is 0 Å². The fraction of sp³-hybridized carbons (Fsp3) is 0.133. The summed E-state index contributed by atoms with van der Waals surface area (Å²) < 4.78 is 0. The van der Waals surface area contributed by atoms with Crippen LogP contribution in [-0.4, -0.2) is 11.8 Å². The highest BCUT2D eigenvalue weighted by Gasteiger charge is 2.13. The third-order valence-corrected chi connectivity index (χ3v) is 2.61. The van der Waals surface area contributed by atoms with Gasteiger partial charge in [-0.05, 0) is 19.1 Å². The van der Waals surface area contributed by atoms with Crippen LogP contribution in [0.5, 0.6) is 0 Å². The Bertz CT molecular complexity index is 479. The number of rotatable bonds is 4. The molecular formula is C15H15NO. The standard InChI is InChI=1S/C15H15NO/c1-12(16-14-10-6-3-7-11-14)15(17)13-8-4-2-5-9-13/h2-12,16H,1H3. The van der Waals surface area contributed by atoms with E-state index in [4.69, 9.17) is 0 Å². The van der Waals surface area contributed by atoms with E-state index in [0.29, 0.717) is 0 Å². The second-order valence-corrected chi connectivity index (χ2v) is 3.96. The number of hydrogen-bond donors (Lipinski definition) is 1. The molecule has 0 saturated carbocycles. The van der Waals surface area contributed by atoms with E-state index < -0.39 is 0 Å². The molecule has 0 aliphatic carbocycles. The van der Waals surface area contributed by atoms with E-state index in [-0.39, 0.29) is 11.8 Å². The Labute approximate surface area is 101 Å². The first kappa shape index (κ1) is 11.4. The molecular weight excluding hydrogens is 210 g/mol. The lowest BCUT2D eigenvalue weighted by Gasteiger charge is -2.14. The Balaban J connectivity index is 2.06. The third-order valence-electron chi connectivity index (χ3n) is 2.61. The van der Waals surface area contributed by atoms with Gasteiger partial charge in [0.25, 0.3) is 0 Å². The maximum Gasteiger partial charge on any atom is 0.184 e. The summed E-state index contributed by atoms with van der Waals surface area (Å²) in [5.41, 5.74) is 1.70. The lowest BCUT2D eigenvalue weighted by molar-refractivity contribution is 0.0975. The molecule has 0 radical (unpaired) electrons. The van der Waals surface area contributed by atoms with Crippen molar-refractivity contribution in [1.82, 2.24) is 0 Å². The zero-order valence-electron chi connectivity index (χ0n) is 9.76. The summed E-state index contributed by atoms with van der Waals surface area (Å²) >= 11 is 0. The SMILES string of the molecule is CC(Nc1ccccc1)C(=O)c1ccccc1. The Morgan fingerprint density at radius 3 is 2.06 bits per heavy atom. The molecule has 0 spiro atoms. The molecule has 0 bridgehead atoms. The molecule has 1 N–H and O–H groups in total. The first-order chi connectivity index (χ1) is 8.27. The smallest absolute Gasteiger partial charge is 0.184 e. The van der Waals surface area contributed by atoms with Crippen molar-refractivity contribution in [3.63, 3.8) is 0 Å². The number of nitrogens with one attached hydrogen (secondary N) is 1. The first-order valence-corrected chi connectivity index (χ1v) is 5.68. The molecule has 0 saturated heterocycles. The van der Waals surface area contributed by atoms with Gasteiger partial charge < -0.3 is 5.32 Å². The summed E-state index contributed by atoms with van der Waals surface area (Å²) in [7, 11) is 0. The average molecular weight is 225 g/mol. The second-order valence-electron chi connectivity index (χ2n) is 3.96. The van der Waals surface area contributed by atoms with Crippen molar-refractivity contribution in [3.05, 3.63) is 66.2 Å². The van der Waals surface area contributed by atoms with Crippen molar-refractivity contribution in [1.29, 1.82) is 0 Å². The van der Waals surface area contributed by atoms with Crippen molar-refractivity contribution in [2.45, 2.75) is 13.0 Å². The lowest BCUT2D eigenvalue weighted by Crippen LogP contribution is -2.26. The van der Waals surface area contributed by atoms with E-state index in [1.165, 1.54) is 0 Å². The number of hydrogen-bond acceptors (Lipinski definition) is 2. The van der Waals surface area contributed by atoms with Gasteiger partial charge in [0.05, 0.1) is 6.04 Å². The van der Waals surface area contributed by atoms with Crippen LogP contribution < -0.4 is 5.32 Å². The largest absolute Gasteiger partial charge is 0.375 e. The van der Waals surface area contributed by atoms with Crippen LogP contribution in [-0.2, 0) is 0 Å². The minimum atomic E-state index is -0.222. The summed E-state index contributed by atoms with van der Waals surface area (Å²) in [6.07, 6.45) is 0. The van der Waals surface area contributed by atoms with Crippen LogP contribution in [0, 0.1) is 0 Å². The Morgan fingerprint density at radius 2 is 1.47 bits per heavy atom. The number of para-hydroxylation sites is 1. The van der Waals surface area contributed by atoms with Crippen LogP contribution in [0.3, 0.4) is 0 Å². The molecule has 0 aliphatic rings. The summed E-state index contributed by atoms with van der Waals surface area (Å²) in [5, 5.41) is 3.19. The molecule has 2 aromatic carbocycles. The van der Waals surface area contributed by atoms with Crippen LogP contribution in [0.15, 0.2) is 60.7 Å².